The Kier molecular flexibility index (Phi) is 4.23. The van der Waals surface area contributed by atoms with E-state index in [-0.39, 0.29) is 0 Å². The van der Waals surface area contributed by atoms with E-state index in [1.807, 2.05) is 18.5 Å². The second kappa shape index (κ2) is 5.23. The molecule has 0 aliphatic rings. The van der Waals surface area contributed by atoms with Gasteiger partial charge < -0.3 is 0 Å². The van der Waals surface area contributed by atoms with Crippen LogP contribution in [-0.4, -0.2) is 10.4 Å². The molecule has 72 valence electrons. The monoisotopic (exact) mass is 197 g/mol. The van der Waals surface area contributed by atoms with Gasteiger partial charge in [-0.25, -0.2) is 0 Å². The van der Waals surface area contributed by atoms with Crippen LogP contribution in [0.5, 0.6) is 0 Å². The highest BCUT2D eigenvalue weighted by Gasteiger charge is 2.03. The smallest absolute Gasteiger partial charge is 0.0336 e. The summed E-state index contributed by atoms with van der Waals surface area (Å²) in [4.78, 5) is 4.11. The Labute approximate surface area is 85.1 Å². The van der Waals surface area contributed by atoms with Crippen molar-refractivity contribution in [1.29, 1.82) is 0 Å². The van der Waals surface area contributed by atoms with Gasteiger partial charge in [0.15, 0.2) is 0 Å². The molecular weight excluding hydrogens is 182 g/mol. The van der Waals surface area contributed by atoms with Crippen LogP contribution in [0.1, 0.15) is 30.9 Å². The molecule has 2 heteroatoms. The molecule has 0 N–H and O–H groups in total. The summed E-state index contributed by atoms with van der Waals surface area (Å²) in [6, 6.07) is 2.05. The Balaban J connectivity index is 2.50. The number of pyridine rings is 1. The quantitative estimate of drug-likeness (QED) is 0.675. The molecule has 0 saturated carbocycles. The first-order chi connectivity index (χ1) is 6.24. The number of alkyl halides is 1. The van der Waals surface area contributed by atoms with E-state index in [9.17, 15) is 0 Å². The zero-order chi connectivity index (χ0) is 9.68. The van der Waals surface area contributed by atoms with E-state index >= 15 is 0 Å². The molecule has 1 atom stereocenters. The highest BCUT2D eigenvalue weighted by Crippen LogP contribution is 2.13. The fourth-order valence-electron chi connectivity index (χ4n) is 1.27. The summed E-state index contributed by atoms with van der Waals surface area (Å²) in [7, 11) is 0. The second-order valence-electron chi connectivity index (χ2n) is 3.35. The van der Waals surface area contributed by atoms with Crippen molar-refractivity contribution >= 4 is 11.6 Å². The van der Waals surface area contributed by atoms with E-state index in [0.29, 0.717) is 5.38 Å². The van der Waals surface area contributed by atoms with Crippen molar-refractivity contribution in [2.24, 2.45) is 0 Å². The predicted octanol–water partition coefficient (Wildman–Crippen LogP) is 3.34. The summed E-state index contributed by atoms with van der Waals surface area (Å²) in [5, 5.41) is 0.305. The Morgan fingerprint density at radius 2 is 2.31 bits per heavy atom. The summed E-state index contributed by atoms with van der Waals surface area (Å²) in [5.74, 6) is 0. The number of halogens is 1. The van der Waals surface area contributed by atoms with Gasteiger partial charge in [0.25, 0.3) is 0 Å². The van der Waals surface area contributed by atoms with Crippen LogP contribution in [0.4, 0.5) is 0 Å². The molecule has 1 unspecified atom stereocenters. The molecule has 0 spiro atoms. The van der Waals surface area contributed by atoms with Crippen LogP contribution >= 0.6 is 11.6 Å². The molecule has 1 nitrogen and oxygen atoms in total. The van der Waals surface area contributed by atoms with Crippen molar-refractivity contribution in [3.63, 3.8) is 0 Å². The summed E-state index contributed by atoms with van der Waals surface area (Å²) in [5.41, 5.74) is 2.64. The van der Waals surface area contributed by atoms with Gasteiger partial charge in [0.05, 0.1) is 0 Å². The van der Waals surface area contributed by atoms with E-state index in [1.165, 1.54) is 11.1 Å². The maximum absolute atomic E-state index is 6.05. The van der Waals surface area contributed by atoms with Gasteiger partial charge in [-0.3, -0.25) is 4.98 Å². The maximum Gasteiger partial charge on any atom is 0.0336 e. The number of rotatable bonds is 4. The van der Waals surface area contributed by atoms with Crippen LogP contribution in [0.25, 0.3) is 0 Å². The minimum absolute atomic E-state index is 0.305. The van der Waals surface area contributed by atoms with E-state index in [2.05, 4.69) is 18.8 Å². The van der Waals surface area contributed by atoms with Crippen molar-refractivity contribution in [3.8, 4) is 0 Å². The molecule has 13 heavy (non-hydrogen) atoms. The number of nitrogens with zero attached hydrogens (tertiary/aromatic N) is 1. The van der Waals surface area contributed by atoms with Gasteiger partial charge >= 0.3 is 0 Å². The first-order valence-electron chi connectivity index (χ1n) is 4.77. The third kappa shape index (κ3) is 3.35. The normalized spacial score (nSPS) is 12.8. The molecule has 0 aliphatic heterocycles. The standard InChI is InChI=1S/C11H16ClN/c1-3-11(12)5-4-10-8-13-7-6-9(10)2/h6-8,11H,3-5H2,1-2H3. The Bertz CT molecular complexity index is 260. The molecule has 0 bridgehead atoms. The Morgan fingerprint density at radius 1 is 1.54 bits per heavy atom. The minimum atomic E-state index is 0.305. The van der Waals surface area contributed by atoms with E-state index in [4.69, 9.17) is 11.6 Å². The van der Waals surface area contributed by atoms with Crippen molar-refractivity contribution in [1.82, 2.24) is 4.98 Å². The van der Waals surface area contributed by atoms with E-state index < -0.39 is 0 Å². The molecule has 0 fully saturated rings. The molecular formula is C11H16ClN. The van der Waals surface area contributed by atoms with Crippen molar-refractivity contribution in [2.45, 2.75) is 38.5 Å². The Hall–Kier alpha value is -0.560. The van der Waals surface area contributed by atoms with Gasteiger partial charge in [0.1, 0.15) is 0 Å². The van der Waals surface area contributed by atoms with Gasteiger partial charge in [-0.1, -0.05) is 6.92 Å². The van der Waals surface area contributed by atoms with Crippen molar-refractivity contribution < 1.29 is 0 Å². The maximum atomic E-state index is 6.05. The fraction of sp³-hybridized carbons (Fsp3) is 0.545. The average Bonchev–Trinajstić information content (AvgIpc) is 2.16. The molecule has 0 saturated heterocycles. The first-order valence-corrected chi connectivity index (χ1v) is 5.21. The van der Waals surface area contributed by atoms with Crippen LogP contribution in [0, 0.1) is 6.92 Å². The van der Waals surface area contributed by atoms with Crippen LogP contribution in [0.2, 0.25) is 0 Å². The topological polar surface area (TPSA) is 12.9 Å². The SMILES string of the molecule is CCC(Cl)CCc1cnccc1C. The van der Waals surface area contributed by atoms with Gasteiger partial charge in [0.2, 0.25) is 0 Å². The molecule has 1 aromatic heterocycles. The molecule has 0 radical (unpaired) electrons. The summed E-state index contributed by atoms with van der Waals surface area (Å²) >= 11 is 6.05. The van der Waals surface area contributed by atoms with Crippen LogP contribution in [-0.2, 0) is 6.42 Å². The first kappa shape index (κ1) is 10.5. The zero-order valence-corrected chi connectivity index (χ0v) is 9.01. The van der Waals surface area contributed by atoms with E-state index in [0.717, 1.165) is 19.3 Å². The lowest BCUT2D eigenvalue weighted by molar-refractivity contribution is 0.723. The summed E-state index contributed by atoms with van der Waals surface area (Å²) in [6.45, 7) is 4.24. The molecule has 1 rings (SSSR count). The minimum Gasteiger partial charge on any atom is -0.264 e. The van der Waals surface area contributed by atoms with Gasteiger partial charge in [-0.05, 0) is 43.4 Å². The Morgan fingerprint density at radius 3 is 2.92 bits per heavy atom. The average molecular weight is 198 g/mol. The van der Waals surface area contributed by atoms with Crippen molar-refractivity contribution in [2.75, 3.05) is 0 Å². The van der Waals surface area contributed by atoms with E-state index in [1.54, 1.807) is 0 Å². The van der Waals surface area contributed by atoms with Gasteiger partial charge in [0, 0.05) is 17.8 Å². The molecule has 1 aromatic rings. The largest absolute Gasteiger partial charge is 0.264 e. The molecule has 0 amide bonds. The lowest BCUT2D eigenvalue weighted by Crippen LogP contribution is -2.00. The lowest BCUT2D eigenvalue weighted by atomic mass is 10.0. The number of hydrogen-bond donors (Lipinski definition) is 0. The van der Waals surface area contributed by atoms with Gasteiger partial charge in [-0.15, -0.1) is 11.6 Å². The predicted molar refractivity (Wildman–Crippen MR) is 57.2 cm³/mol. The highest BCUT2D eigenvalue weighted by atomic mass is 35.5. The second-order valence-corrected chi connectivity index (χ2v) is 3.96. The molecule has 0 aromatic carbocycles. The summed E-state index contributed by atoms with van der Waals surface area (Å²) < 4.78 is 0. The number of aryl methyl sites for hydroxylation is 2. The number of aromatic nitrogens is 1. The third-order valence-corrected chi connectivity index (χ3v) is 2.84. The number of hydrogen-bond acceptors (Lipinski definition) is 1. The van der Waals surface area contributed by atoms with Crippen molar-refractivity contribution in [3.05, 3.63) is 29.6 Å². The highest BCUT2D eigenvalue weighted by molar-refractivity contribution is 6.20. The van der Waals surface area contributed by atoms with Crippen LogP contribution in [0.15, 0.2) is 18.5 Å². The molecule has 0 aliphatic carbocycles. The fourth-order valence-corrected chi connectivity index (χ4v) is 1.38. The summed E-state index contributed by atoms with van der Waals surface area (Å²) in [6.07, 6.45) is 6.90. The lowest BCUT2D eigenvalue weighted by Gasteiger charge is -2.07. The van der Waals surface area contributed by atoms with Crippen LogP contribution < -0.4 is 0 Å². The zero-order valence-electron chi connectivity index (χ0n) is 8.26. The van der Waals surface area contributed by atoms with Crippen LogP contribution in [0.3, 0.4) is 0 Å². The third-order valence-electron chi connectivity index (χ3n) is 2.32. The van der Waals surface area contributed by atoms with Gasteiger partial charge in [-0.2, -0.15) is 0 Å². The molecule has 1 heterocycles.